The number of carbonyl (C=O) groups is 2. The van der Waals surface area contributed by atoms with Crippen molar-refractivity contribution in [2.45, 2.75) is 38.6 Å². The number of amides is 1. The Morgan fingerprint density at radius 1 is 1.10 bits per heavy atom. The maximum atomic E-state index is 11.7. The van der Waals surface area contributed by atoms with E-state index in [1.165, 1.54) is 0 Å². The number of nitrogens with one attached hydrogen (secondary N) is 2. The maximum absolute atomic E-state index is 11.7. The van der Waals surface area contributed by atoms with E-state index in [9.17, 15) is 9.59 Å². The SMILES string of the molecule is CCC(=O)C1CC(NC(=O)CCOCCOCCNC)C1. The molecule has 0 atom stereocenters. The molecule has 0 bridgehead atoms. The van der Waals surface area contributed by atoms with Crippen LogP contribution in [-0.4, -0.2) is 57.8 Å². The van der Waals surface area contributed by atoms with Gasteiger partial charge in [-0.25, -0.2) is 0 Å². The summed E-state index contributed by atoms with van der Waals surface area (Å²) in [5, 5.41) is 5.92. The lowest BCUT2D eigenvalue weighted by Gasteiger charge is -2.34. The van der Waals surface area contributed by atoms with Crippen LogP contribution < -0.4 is 10.6 Å². The highest BCUT2D eigenvalue weighted by Crippen LogP contribution is 2.29. The Hall–Kier alpha value is -0.980. The molecule has 6 nitrogen and oxygen atoms in total. The normalized spacial score (nSPS) is 20.9. The van der Waals surface area contributed by atoms with Crippen LogP contribution in [0.1, 0.15) is 32.6 Å². The average molecular weight is 300 g/mol. The van der Waals surface area contributed by atoms with E-state index in [4.69, 9.17) is 9.47 Å². The van der Waals surface area contributed by atoms with Gasteiger partial charge in [-0.05, 0) is 19.9 Å². The predicted molar refractivity (Wildman–Crippen MR) is 80.1 cm³/mol. The largest absolute Gasteiger partial charge is 0.379 e. The molecule has 0 aromatic carbocycles. The molecule has 0 aliphatic heterocycles. The highest BCUT2D eigenvalue weighted by Gasteiger charge is 2.33. The third kappa shape index (κ3) is 7.55. The summed E-state index contributed by atoms with van der Waals surface area (Å²) in [5.74, 6) is 0.465. The number of ether oxygens (including phenoxy) is 2. The van der Waals surface area contributed by atoms with E-state index < -0.39 is 0 Å². The number of likely N-dealkylation sites (N-methyl/N-ethyl adjacent to an activating group) is 1. The van der Waals surface area contributed by atoms with Crippen LogP contribution in [0.2, 0.25) is 0 Å². The topological polar surface area (TPSA) is 76.7 Å². The van der Waals surface area contributed by atoms with Gasteiger partial charge in [-0.15, -0.1) is 0 Å². The average Bonchev–Trinajstić information content (AvgIpc) is 2.44. The number of ketones is 1. The van der Waals surface area contributed by atoms with Gasteiger partial charge in [0.1, 0.15) is 5.78 Å². The van der Waals surface area contributed by atoms with E-state index in [1.54, 1.807) is 0 Å². The predicted octanol–water partition coefficient (Wildman–Crippen LogP) is 0.503. The molecule has 1 rings (SSSR count). The van der Waals surface area contributed by atoms with Crippen LogP contribution in [0.5, 0.6) is 0 Å². The Kier molecular flexibility index (Phi) is 9.21. The standard InChI is InChI=1S/C15H28N2O4/c1-3-14(18)12-10-13(11-12)17-15(19)4-6-20-8-9-21-7-5-16-2/h12-13,16H,3-11H2,1-2H3,(H,17,19). The molecule has 1 saturated carbocycles. The lowest BCUT2D eigenvalue weighted by molar-refractivity contribution is -0.129. The first-order valence-corrected chi connectivity index (χ1v) is 7.79. The summed E-state index contributed by atoms with van der Waals surface area (Å²) in [6.45, 7) is 4.84. The van der Waals surface area contributed by atoms with E-state index >= 15 is 0 Å². The van der Waals surface area contributed by atoms with E-state index in [-0.39, 0.29) is 17.9 Å². The summed E-state index contributed by atoms with van der Waals surface area (Å²) in [5.41, 5.74) is 0. The van der Waals surface area contributed by atoms with Gasteiger partial charge in [0.15, 0.2) is 0 Å². The van der Waals surface area contributed by atoms with Crippen molar-refractivity contribution in [1.82, 2.24) is 10.6 Å². The lowest BCUT2D eigenvalue weighted by atomic mass is 9.77. The summed E-state index contributed by atoms with van der Waals surface area (Å²) in [4.78, 5) is 23.1. The molecule has 0 saturated heterocycles. The van der Waals surface area contributed by atoms with E-state index in [1.807, 2.05) is 14.0 Å². The molecule has 0 spiro atoms. The summed E-state index contributed by atoms with van der Waals surface area (Å²) in [6.07, 6.45) is 2.53. The molecule has 6 heteroatoms. The van der Waals surface area contributed by atoms with Crippen LogP contribution in [0.3, 0.4) is 0 Å². The molecule has 1 fully saturated rings. The minimum atomic E-state index is -0.00139. The molecule has 122 valence electrons. The minimum absolute atomic E-state index is 0.00139. The quantitative estimate of drug-likeness (QED) is 0.513. The van der Waals surface area contributed by atoms with Crippen LogP contribution in [0.15, 0.2) is 0 Å². The fourth-order valence-electron chi connectivity index (χ4n) is 2.25. The summed E-state index contributed by atoms with van der Waals surface area (Å²) >= 11 is 0. The van der Waals surface area contributed by atoms with Gasteiger partial charge >= 0.3 is 0 Å². The maximum Gasteiger partial charge on any atom is 0.222 e. The van der Waals surface area contributed by atoms with Gasteiger partial charge in [0.2, 0.25) is 5.91 Å². The number of carbonyl (C=O) groups excluding carboxylic acids is 2. The van der Waals surface area contributed by atoms with Crippen molar-refractivity contribution in [2.75, 3.05) is 40.0 Å². The zero-order chi connectivity index (χ0) is 15.5. The van der Waals surface area contributed by atoms with Crippen molar-refractivity contribution in [1.29, 1.82) is 0 Å². The van der Waals surface area contributed by atoms with Crippen LogP contribution >= 0.6 is 0 Å². The summed E-state index contributed by atoms with van der Waals surface area (Å²) < 4.78 is 10.6. The smallest absolute Gasteiger partial charge is 0.222 e. The van der Waals surface area contributed by atoms with Crippen LogP contribution in [0.4, 0.5) is 0 Å². The third-order valence-corrected chi connectivity index (χ3v) is 3.65. The molecule has 1 aliphatic carbocycles. The molecule has 0 unspecified atom stereocenters. The molecular formula is C15H28N2O4. The van der Waals surface area contributed by atoms with Crippen molar-refractivity contribution in [2.24, 2.45) is 5.92 Å². The molecule has 21 heavy (non-hydrogen) atoms. The number of hydrogen-bond donors (Lipinski definition) is 2. The zero-order valence-electron chi connectivity index (χ0n) is 13.2. The first-order chi connectivity index (χ1) is 10.2. The second kappa shape index (κ2) is 10.7. The lowest BCUT2D eigenvalue weighted by Crippen LogP contribution is -2.46. The molecule has 2 N–H and O–H groups in total. The Morgan fingerprint density at radius 3 is 2.38 bits per heavy atom. The monoisotopic (exact) mass is 300 g/mol. The van der Waals surface area contributed by atoms with E-state index in [0.717, 1.165) is 19.4 Å². The Bertz CT molecular complexity index is 317. The first kappa shape index (κ1) is 18.1. The number of hydrogen-bond acceptors (Lipinski definition) is 5. The van der Waals surface area contributed by atoms with Crippen LogP contribution in [0.25, 0.3) is 0 Å². The molecule has 0 aromatic heterocycles. The van der Waals surface area contributed by atoms with Crippen LogP contribution in [0, 0.1) is 5.92 Å². The Labute approximate surface area is 126 Å². The fourth-order valence-corrected chi connectivity index (χ4v) is 2.25. The molecule has 1 aliphatic rings. The van der Waals surface area contributed by atoms with E-state index in [0.29, 0.717) is 45.1 Å². The van der Waals surface area contributed by atoms with Crippen molar-refractivity contribution in [3.63, 3.8) is 0 Å². The van der Waals surface area contributed by atoms with Gasteiger partial charge in [-0.3, -0.25) is 9.59 Å². The molecule has 0 heterocycles. The van der Waals surface area contributed by atoms with Gasteiger partial charge in [-0.2, -0.15) is 0 Å². The zero-order valence-corrected chi connectivity index (χ0v) is 13.2. The molecule has 0 aromatic rings. The minimum Gasteiger partial charge on any atom is -0.379 e. The summed E-state index contributed by atoms with van der Waals surface area (Å²) in [7, 11) is 1.88. The molecule has 0 radical (unpaired) electrons. The van der Waals surface area contributed by atoms with Crippen molar-refractivity contribution in [3.8, 4) is 0 Å². The number of Topliss-reactive ketones (excluding diaryl/α,β-unsaturated/α-hetero) is 1. The fraction of sp³-hybridized carbons (Fsp3) is 0.867. The first-order valence-electron chi connectivity index (χ1n) is 7.79. The van der Waals surface area contributed by atoms with Crippen molar-refractivity contribution >= 4 is 11.7 Å². The van der Waals surface area contributed by atoms with Gasteiger partial charge in [-0.1, -0.05) is 6.92 Å². The van der Waals surface area contributed by atoms with Gasteiger partial charge in [0, 0.05) is 31.3 Å². The van der Waals surface area contributed by atoms with Gasteiger partial charge < -0.3 is 20.1 Å². The Balaban J connectivity index is 1.90. The van der Waals surface area contributed by atoms with Gasteiger partial charge in [0.05, 0.1) is 26.4 Å². The van der Waals surface area contributed by atoms with E-state index in [2.05, 4.69) is 10.6 Å². The molecular weight excluding hydrogens is 272 g/mol. The summed E-state index contributed by atoms with van der Waals surface area (Å²) in [6, 6.07) is 0.169. The second-order valence-electron chi connectivity index (χ2n) is 5.33. The second-order valence-corrected chi connectivity index (χ2v) is 5.33. The highest BCUT2D eigenvalue weighted by atomic mass is 16.5. The highest BCUT2D eigenvalue weighted by molar-refractivity contribution is 5.82. The third-order valence-electron chi connectivity index (χ3n) is 3.65. The van der Waals surface area contributed by atoms with Crippen LogP contribution in [-0.2, 0) is 19.1 Å². The van der Waals surface area contributed by atoms with Crippen molar-refractivity contribution in [3.05, 3.63) is 0 Å². The Morgan fingerprint density at radius 2 is 1.76 bits per heavy atom. The number of rotatable bonds is 12. The van der Waals surface area contributed by atoms with Gasteiger partial charge in [0.25, 0.3) is 0 Å². The van der Waals surface area contributed by atoms with Crippen molar-refractivity contribution < 1.29 is 19.1 Å². The molecule has 1 amide bonds.